The van der Waals surface area contributed by atoms with E-state index in [1.807, 2.05) is 12.1 Å². The van der Waals surface area contributed by atoms with Crippen molar-refractivity contribution >= 4 is 0 Å². The monoisotopic (exact) mass is 348 g/mol. The lowest BCUT2D eigenvalue weighted by Crippen LogP contribution is -2.33. The molecule has 1 saturated heterocycles. The molecule has 3 rings (SSSR count). The van der Waals surface area contributed by atoms with Crippen molar-refractivity contribution in [2.24, 2.45) is 0 Å². The lowest BCUT2D eigenvalue weighted by atomic mass is 10.0. The summed E-state index contributed by atoms with van der Waals surface area (Å²) in [7, 11) is 1.71. The quantitative estimate of drug-likeness (QED) is 0.708. The smallest absolute Gasteiger partial charge is 0.124 e. The molecule has 2 aliphatic rings. The number of fused-ring (bicyclic) bond motifs is 1. The molecule has 0 saturated carbocycles. The van der Waals surface area contributed by atoms with Crippen LogP contribution in [0.2, 0.25) is 0 Å². The van der Waals surface area contributed by atoms with Crippen LogP contribution in [0.15, 0.2) is 18.2 Å². The Balaban J connectivity index is 1.46. The number of likely N-dealkylation sites (tertiary alicyclic amines) is 1. The standard InChI is InChI=1S/C20H32N2O3/c1-24-17-8-9-20-18(14-17)19(7-5-13-25-20)21-10-2-3-11-22-12-4-6-16(22)15-23/h8-9,14,16,19,21,23H,2-7,10-13,15H2,1H3. The fraction of sp³-hybridized carbons (Fsp3) is 0.700. The molecule has 2 unspecified atom stereocenters. The largest absolute Gasteiger partial charge is 0.497 e. The average Bonchev–Trinajstić information content (AvgIpc) is 3.01. The van der Waals surface area contributed by atoms with Crippen LogP contribution in [0.3, 0.4) is 0 Å². The van der Waals surface area contributed by atoms with Crippen LogP contribution in [0.1, 0.15) is 50.1 Å². The molecule has 1 aromatic rings. The Hall–Kier alpha value is -1.30. The minimum atomic E-state index is 0.305. The zero-order chi connectivity index (χ0) is 17.5. The maximum absolute atomic E-state index is 9.40. The van der Waals surface area contributed by atoms with Crippen molar-refractivity contribution in [3.05, 3.63) is 23.8 Å². The number of rotatable bonds is 8. The third-order valence-electron chi connectivity index (χ3n) is 5.46. The maximum atomic E-state index is 9.40. The van der Waals surface area contributed by atoms with Gasteiger partial charge in [0.05, 0.1) is 20.3 Å². The van der Waals surface area contributed by atoms with E-state index in [2.05, 4.69) is 16.3 Å². The molecule has 2 N–H and O–H groups in total. The van der Waals surface area contributed by atoms with E-state index >= 15 is 0 Å². The van der Waals surface area contributed by atoms with E-state index in [-0.39, 0.29) is 0 Å². The summed E-state index contributed by atoms with van der Waals surface area (Å²) in [6, 6.07) is 6.83. The molecule has 0 aliphatic carbocycles. The van der Waals surface area contributed by atoms with Crippen molar-refractivity contribution in [2.75, 3.05) is 40.0 Å². The molecule has 2 aliphatic heterocycles. The van der Waals surface area contributed by atoms with Crippen LogP contribution in [0.25, 0.3) is 0 Å². The molecule has 0 aromatic heterocycles. The van der Waals surface area contributed by atoms with Gasteiger partial charge in [-0.2, -0.15) is 0 Å². The number of nitrogens with one attached hydrogen (secondary N) is 1. The van der Waals surface area contributed by atoms with Crippen LogP contribution in [0.4, 0.5) is 0 Å². The van der Waals surface area contributed by atoms with Crippen LogP contribution in [-0.4, -0.2) is 56.0 Å². The lowest BCUT2D eigenvalue weighted by Gasteiger charge is -2.23. The Kier molecular flexibility index (Phi) is 6.96. The van der Waals surface area contributed by atoms with Gasteiger partial charge >= 0.3 is 0 Å². The number of hydrogen-bond donors (Lipinski definition) is 2. The molecule has 5 heteroatoms. The molecule has 1 fully saturated rings. The van der Waals surface area contributed by atoms with Crippen molar-refractivity contribution in [1.82, 2.24) is 10.2 Å². The summed E-state index contributed by atoms with van der Waals surface area (Å²) in [5.41, 5.74) is 1.22. The molecule has 140 valence electrons. The Labute approximate surface area is 151 Å². The van der Waals surface area contributed by atoms with Crippen molar-refractivity contribution in [2.45, 2.75) is 50.6 Å². The number of nitrogens with zero attached hydrogens (tertiary/aromatic N) is 1. The van der Waals surface area contributed by atoms with Gasteiger partial charge < -0.3 is 19.9 Å². The summed E-state index contributed by atoms with van der Waals surface area (Å²) >= 11 is 0. The minimum Gasteiger partial charge on any atom is -0.497 e. The summed E-state index contributed by atoms with van der Waals surface area (Å²) in [4.78, 5) is 2.44. The molecule has 0 bridgehead atoms. The Morgan fingerprint density at radius 1 is 1.28 bits per heavy atom. The number of methoxy groups -OCH3 is 1. The van der Waals surface area contributed by atoms with Crippen molar-refractivity contribution in [3.63, 3.8) is 0 Å². The molecule has 1 aromatic carbocycles. The highest BCUT2D eigenvalue weighted by molar-refractivity contribution is 5.42. The van der Waals surface area contributed by atoms with Crippen molar-refractivity contribution in [1.29, 1.82) is 0 Å². The van der Waals surface area contributed by atoms with Crippen molar-refractivity contribution < 1.29 is 14.6 Å². The van der Waals surface area contributed by atoms with Crippen molar-refractivity contribution in [3.8, 4) is 11.5 Å². The van der Waals surface area contributed by atoms with E-state index in [0.717, 1.165) is 63.4 Å². The zero-order valence-corrected chi connectivity index (χ0v) is 15.4. The van der Waals surface area contributed by atoms with Crippen LogP contribution in [0, 0.1) is 0 Å². The van der Waals surface area contributed by atoms with Gasteiger partial charge in [0.1, 0.15) is 11.5 Å². The Morgan fingerprint density at radius 2 is 2.20 bits per heavy atom. The zero-order valence-electron chi connectivity index (χ0n) is 15.4. The van der Waals surface area contributed by atoms with Gasteiger partial charge in [-0.3, -0.25) is 4.90 Å². The third kappa shape index (κ3) is 4.87. The van der Waals surface area contributed by atoms with Gasteiger partial charge in [0.2, 0.25) is 0 Å². The lowest BCUT2D eigenvalue weighted by molar-refractivity contribution is 0.157. The van der Waals surface area contributed by atoms with E-state index in [9.17, 15) is 5.11 Å². The first-order valence-electron chi connectivity index (χ1n) is 9.71. The van der Waals surface area contributed by atoms with E-state index in [1.165, 1.54) is 18.4 Å². The molecule has 2 atom stereocenters. The third-order valence-corrected chi connectivity index (χ3v) is 5.46. The number of benzene rings is 1. The van der Waals surface area contributed by atoms with Gasteiger partial charge in [-0.25, -0.2) is 0 Å². The summed E-state index contributed by atoms with van der Waals surface area (Å²) in [5.74, 6) is 1.87. The first-order chi connectivity index (χ1) is 12.3. The molecule has 25 heavy (non-hydrogen) atoms. The normalized spacial score (nSPS) is 23.8. The van der Waals surface area contributed by atoms with Crippen LogP contribution in [-0.2, 0) is 0 Å². The summed E-state index contributed by atoms with van der Waals surface area (Å²) in [6.45, 7) is 4.35. The Bertz CT molecular complexity index is 538. The highest BCUT2D eigenvalue weighted by atomic mass is 16.5. The van der Waals surface area contributed by atoms with Gasteiger partial charge in [-0.05, 0) is 76.4 Å². The predicted octanol–water partition coefficient (Wildman–Crippen LogP) is 2.74. The topological polar surface area (TPSA) is 54.0 Å². The number of aliphatic hydroxyl groups is 1. The van der Waals surface area contributed by atoms with Crippen LogP contribution >= 0.6 is 0 Å². The van der Waals surface area contributed by atoms with E-state index in [4.69, 9.17) is 9.47 Å². The first kappa shape index (κ1) is 18.5. The summed E-state index contributed by atoms with van der Waals surface area (Å²) < 4.78 is 11.3. The molecular weight excluding hydrogens is 316 g/mol. The molecular formula is C20H32N2O3. The number of unbranched alkanes of at least 4 members (excludes halogenated alkanes) is 1. The second-order valence-electron chi connectivity index (χ2n) is 7.12. The van der Waals surface area contributed by atoms with Gasteiger partial charge in [0.25, 0.3) is 0 Å². The van der Waals surface area contributed by atoms with Gasteiger partial charge in [-0.1, -0.05) is 0 Å². The maximum Gasteiger partial charge on any atom is 0.124 e. The van der Waals surface area contributed by atoms with Gasteiger partial charge in [-0.15, -0.1) is 0 Å². The minimum absolute atomic E-state index is 0.305. The average molecular weight is 348 g/mol. The number of aliphatic hydroxyl groups excluding tert-OH is 1. The number of ether oxygens (including phenoxy) is 2. The van der Waals surface area contributed by atoms with E-state index in [0.29, 0.717) is 18.7 Å². The second kappa shape index (κ2) is 9.41. The summed E-state index contributed by atoms with van der Waals surface area (Å²) in [6.07, 6.45) is 6.88. The van der Waals surface area contributed by atoms with Crippen LogP contribution < -0.4 is 14.8 Å². The highest BCUT2D eigenvalue weighted by Gasteiger charge is 2.23. The SMILES string of the molecule is COc1ccc2c(c1)C(NCCCCN1CCCC1CO)CCCO2. The molecule has 0 amide bonds. The first-order valence-corrected chi connectivity index (χ1v) is 9.71. The predicted molar refractivity (Wildman–Crippen MR) is 99.4 cm³/mol. The molecule has 0 spiro atoms. The fourth-order valence-electron chi connectivity index (χ4n) is 4.01. The molecule has 5 nitrogen and oxygen atoms in total. The van der Waals surface area contributed by atoms with Crippen LogP contribution in [0.5, 0.6) is 11.5 Å². The van der Waals surface area contributed by atoms with E-state index in [1.54, 1.807) is 7.11 Å². The van der Waals surface area contributed by atoms with Gasteiger partial charge in [0, 0.05) is 17.6 Å². The highest BCUT2D eigenvalue weighted by Crippen LogP contribution is 2.34. The Morgan fingerprint density at radius 3 is 3.04 bits per heavy atom. The second-order valence-corrected chi connectivity index (χ2v) is 7.12. The van der Waals surface area contributed by atoms with Gasteiger partial charge in [0.15, 0.2) is 0 Å². The fourth-order valence-corrected chi connectivity index (χ4v) is 4.01. The molecule has 2 heterocycles. The van der Waals surface area contributed by atoms with E-state index < -0.39 is 0 Å². The number of hydrogen-bond acceptors (Lipinski definition) is 5. The summed E-state index contributed by atoms with van der Waals surface area (Å²) in [5, 5.41) is 13.1. The molecule has 0 radical (unpaired) electrons.